The molecule has 0 aliphatic carbocycles. The predicted molar refractivity (Wildman–Crippen MR) is 158 cm³/mol. The van der Waals surface area contributed by atoms with Gasteiger partial charge >= 0.3 is 0 Å². The normalized spacial score (nSPS) is 13.9. The first-order valence-electron chi connectivity index (χ1n) is 12.1. The van der Waals surface area contributed by atoms with Crippen LogP contribution in [0.5, 0.6) is 0 Å². The van der Waals surface area contributed by atoms with E-state index in [1.807, 2.05) is 72.8 Å². The van der Waals surface area contributed by atoms with Crippen LogP contribution in [0, 0.1) is 0 Å². The number of hydrogen-bond acceptors (Lipinski definition) is 4. The molecule has 5 rings (SSSR count). The van der Waals surface area contributed by atoms with Crippen LogP contribution >= 0.6 is 35.4 Å². The van der Waals surface area contributed by atoms with Crippen LogP contribution in [0.4, 0.5) is 11.4 Å². The topological polar surface area (TPSA) is 47.6 Å². The van der Waals surface area contributed by atoms with Gasteiger partial charge in [0.25, 0.3) is 5.91 Å². The zero-order valence-corrected chi connectivity index (χ0v) is 22.4. The molecular formula is C29H26Cl2N4OS. The van der Waals surface area contributed by atoms with Gasteiger partial charge in [0, 0.05) is 49.0 Å². The van der Waals surface area contributed by atoms with Crippen molar-refractivity contribution in [3.05, 3.63) is 106 Å². The van der Waals surface area contributed by atoms with Crippen molar-refractivity contribution in [2.75, 3.05) is 36.4 Å². The molecule has 1 aliphatic rings. The number of halogens is 2. The van der Waals surface area contributed by atoms with E-state index in [1.54, 1.807) is 6.07 Å². The summed E-state index contributed by atoms with van der Waals surface area (Å²) in [7, 11) is 0. The fourth-order valence-electron chi connectivity index (χ4n) is 4.61. The number of carbonyl (C=O) groups is 1. The van der Waals surface area contributed by atoms with E-state index in [-0.39, 0.29) is 11.0 Å². The number of anilines is 2. The summed E-state index contributed by atoms with van der Waals surface area (Å²) in [6.45, 7) is 4.43. The molecule has 188 valence electrons. The number of fused-ring (bicyclic) bond motifs is 1. The highest BCUT2D eigenvalue weighted by Gasteiger charge is 2.20. The van der Waals surface area contributed by atoms with Crippen LogP contribution in [0.15, 0.2) is 84.9 Å². The van der Waals surface area contributed by atoms with E-state index in [2.05, 4.69) is 26.5 Å². The molecule has 0 atom stereocenters. The van der Waals surface area contributed by atoms with Crippen molar-refractivity contribution in [2.24, 2.45) is 0 Å². The van der Waals surface area contributed by atoms with Gasteiger partial charge in [-0.1, -0.05) is 77.8 Å². The van der Waals surface area contributed by atoms with E-state index in [9.17, 15) is 4.79 Å². The molecule has 4 aromatic rings. The minimum Gasteiger partial charge on any atom is -0.368 e. The summed E-state index contributed by atoms with van der Waals surface area (Å²) < 4.78 is 0. The van der Waals surface area contributed by atoms with Gasteiger partial charge in [0.1, 0.15) is 0 Å². The van der Waals surface area contributed by atoms with Crippen LogP contribution in [-0.2, 0) is 6.54 Å². The van der Waals surface area contributed by atoms with Gasteiger partial charge < -0.3 is 10.2 Å². The number of rotatable bonds is 5. The predicted octanol–water partition coefficient (Wildman–Crippen LogP) is 6.60. The molecule has 0 saturated carbocycles. The molecular weight excluding hydrogens is 523 g/mol. The number of carbonyl (C=O) groups excluding carboxylic acids is 1. The molecule has 0 spiro atoms. The first kappa shape index (κ1) is 25.5. The smallest absolute Gasteiger partial charge is 0.258 e. The molecule has 1 aliphatic heterocycles. The van der Waals surface area contributed by atoms with Crippen molar-refractivity contribution in [2.45, 2.75) is 6.54 Å². The van der Waals surface area contributed by atoms with E-state index in [0.29, 0.717) is 16.3 Å². The molecule has 4 aromatic carbocycles. The Kier molecular flexibility index (Phi) is 7.91. The van der Waals surface area contributed by atoms with Crippen molar-refractivity contribution >= 4 is 68.6 Å². The number of nitrogens with zero attached hydrogens (tertiary/aromatic N) is 2. The maximum Gasteiger partial charge on any atom is 0.258 e. The number of piperazine rings is 1. The molecule has 0 aromatic heterocycles. The Labute approximate surface area is 232 Å². The van der Waals surface area contributed by atoms with Gasteiger partial charge in [-0.15, -0.1) is 0 Å². The lowest BCUT2D eigenvalue weighted by molar-refractivity contribution is 0.0979. The zero-order valence-electron chi connectivity index (χ0n) is 20.1. The van der Waals surface area contributed by atoms with E-state index < -0.39 is 0 Å². The number of thiocarbonyl (C=S) groups is 1. The zero-order chi connectivity index (χ0) is 25.8. The van der Waals surface area contributed by atoms with E-state index in [4.69, 9.17) is 35.4 Å². The maximum absolute atomic E-state index is 12.9. The molecule has 5 nitrogen and oxygen atoms in total. The maximum atomic E-state index is 12.9. The molecule has 0 unspecified atom stereocenters. The summed E-state index contributed by atoms with van der Waals surface area (Å²) in [5, 5.41) is 9.39. The molecule has 37 heavy (non-hydrogen) atoms. The summed E-state index contributed by atoms with van der Waals surface area (Å²) in [5.41, 5.74) is 3.42. The van der Waals surface area contributed by atoms with Crippen molar-refractivity contribution in [3.63, 3.8) is 0 Å². The van der Waals surface area contributed by atoms with Gasteiger partial charge in [0.15, 0.2) is 5.11 Å². The molecule has 2 N–H and O–H groups in total. The Hall–Kier alpha value is -3.16. The van der Waals surface area contributed by atoms with Crippen LogP contribution in [0.3, 0.4) is 0 Å². The lowest BCUT2D eigenvalue weighted by Crippen LogP contribution is -2.46. The monoisotopic (exact) mass is 548 g/mol. The highest BCUT2D eigenvalue weighted by atomic mass is 35.5. The van der Waals surface area contributed by atoms with E-state index in [0.717, 1.165) is 59.8 Å². The SMILES string of the molecule is O=C(NC(=S)Nc1ccc(N2CCN(Cc3ccccc3Cl)CC2)c(Cl)c1)c1cccc2ccccc12. The number of benzene rings is 4. The summed E-state index contributed by atoms with van der Waals surface area (Å²) in [4.78, 5) is 17.6. The minimum atomic E-state index is -0.258. The summed E-state index contributed by atoms with van der Waals surface area (Å²) in [5.74, 6) is -0.258. The molecule has 1 saturated heterocycles. The lowest BCUT2D eigenvalue weighted by Gasteiger charge is -2.36. The Morgan fingerprint density at radius 2 is 1.57 bits per heavy atom. The fourth-order valence-corrected chi connectivity index (χ4v) is 5.32. The van der Waals surface area contributed by atoms with Crippen LogP contribution in [0.25, 0.3) is 10.8 Å². The van der Waals surface area contributed by atoms with Crippen LogP contribution in [0.1, 0.15) is 15.9 Å². The summed E-state index contributed by atoms with van der Waals surface area (Å²) in [6.07, 6.45) is 0. The Morgan fingerprint density at radius 1 is 0.838 bits per heavy atom. The van der Waals surface area contributed by atoms with Crippen molar-refractivity contribution in [1.29, 1.82) is 0 Å². The summed E-state index contributed by atoms with van der Waals surface area (Å²) >= 11 is 18.4. The highest BCUT2D eigenvalue weighted by molar-refractivity contribution is 7.80. The highest BCUT2D eigenvalue weighted by Crippen LogP contribution is 2.30. The van der Waals surface area contributed by atoms with Gasteiger partial charge in [0.05, 0.1) is 10.7 Å². The number of nitrogens with one attached hydrogen (secondary N) is 2. The number of amides is 1. The fraction of sp³-hybridized carbons (Fsp3) is 0.172. The third kappa shape index (κ3) is 6.05. The van der Waals surface area contributed by atoms with Crippen molar-refractivity contribution < 1.29 is 4.79 Å². The first-order valence-corrected chi connectivity index (χ1v) is 13.2. The van der Waals surface area contributed by atoms with Gasteiger partial charge in [0.2, 0.25) is 0 Å². The molecule has 1 heterocycles. The van der Waals surface area contributed by atoms with Gasteiger partial charge in [-0.25, -0.2) is 0 Å². The Balaban J connectivity index is 1.17. The molecule has 0 bridgehead atoms. The van der Waals surface area contributed by atoms with Gasteiger partial charge in [-0.2, -0.15) is 0 Å². The Morgan fingerprint density at radius 3 is 2.35 bits per heavy atom. The van der Waals surface area contributed by atoms with Gasteiger partial charge in [-0.05, 0) is 58.9 Å². The van der Waals surface area contributed by atoms with Crippen LogP contribution in [0.2, 0.25) is 10.0 Å². The van der Waals surface area contributed by atoms with Crippen LogP contribution in [-0.4, -0.2) is 42.1 Å². The molecule has 1 amide bonds. The summed E-state index contributed by atoms with van der Waals surface area (Å²) in [6, 6.07) is 27.1. The second-order valence-electron chi connectivity index (χ2n) is 8.96. The largest absolute Gasteiger partial charge is 0.368 e. The van der Waals surface area contributed by atoms with E-state index >= 15 is 0 Å². The number of hydrogen-bond donors (Lipinski definition) is 2. The van der Waals surface area contributed by atoms with Crippen LogP contribution < -0.4 is 15.5 Å². The Bertz CT molecular complexity index is 1450. The van der Waals surface area contributed by atoms with Crippen molar-refractivity contribution in [1.82, 2.24) is 10.2 Å². The second kappa shape index (κ2) is 11.5. The lowest BCUT2D eigenvalue weighted by atomic mass is 10.0. The third-order valence-electron chi connectivity index (χ3n) is 6.53. The van der Waals surface area contributed by atoms with Gasteiger partial charge in [-0.3, -0.25) is 15.0 Å². The third-order valence-corrected chi connectivity index (χ3v) is 7.41. The average Bonchev–Trinajstić information content (AvgIpc) is 2.90. The molecule has 8 heteroatoms. The molecule has 1 fully saturated rings. The minimum absolute atomic E-state index is 0.218. The quantitative estimate of drug-likeness (QED) is 0.275. The second-order valence-corrected chi connectivity index (χ2v) is 10.2. The molecule has 0 radical (unpaired) electrons. The average molecular weight is 550 g/mol. The van der Waals surface area contributed by atoms with Crippen molar-refractivity contribution in [3.8, 4) is 0 Å². The standard InChI is InChI=1S/C29H26Cl2N4OS/c30-25-11-4-2-7-21(25)19-34-14-16-35(17-15-34)27-13-12-22(18-26(27)31)32-29(37)33-28(36)24-10-5-8-20-6-1-3-9-23(20)24/h1-13,18H,14-17,19H2,(H2,32,33,36,37). The van der Waals surface area contributed by atoms with E-state index in [1.165, 1.54) is 0 Å². The first-order chi connectivity index (χ1) is 18.0.